The number of carbonyl (C=O) groups is 2. The Labute approximate surface area is 173 Å². The second-order valence-corrected chi connectivity index (χ2v) is 8.47. The van der Waals surface area contributed by atoms with Gasteiger partial charge in [-0.2, -0.15) is 0 Å². The molecule has 3 nitrogen and oxygen atoms in total. The number of rotatable bonds is 7. The van der Waals surface area contributed by atoms with Crippen LogP contribution in [0.1, 0.15) is 32.3 Å². The third-order valence-corrected chi connectivity index (χ3v) is 6.04. The van der Waals surface area contributed by atoms with Crippen LogP contribution in [0.3, 0.4) is 0 Å². The van der Waals surface area contributed by atoms with Gasteiger partial charge in [-0.1, -0.05) is 25.1 Å². The fraction of sp³-hybridized carbons (Fsp3) is 0.217. The molecule has 0 unspecified atom stereocenters. The third-order valence-electron chi connectivity index (χ3n) is 4.29. The first-order valence-corrected chi connectivity index (χ1v) is 11.0. The van der Waals surface area contributed by atoms with Gasteiger partial charge >= 0.3 is 0 Å². The minimum absolute atomic E-state index is 0.00912. The second kappa shape index (κ2) is 9.71. The summed E-state index contributed by atoms with van der Waals surface area (Å²) in [6.45, 7) is 4.31. The molecule has 0 bridgehead atoms. The number of hydrogen-bond acceptors (Lipinski definition) is 4. The molecule has 0 saturated heterocycles. The topological polar surface area (TPSA) is 46.2 Å². The Bertz CT molecular complexity index is 1010. The Hall–Kier alpha value is -2.37. The van der Waals surface area contributed by atoms with Crippen molar-refractivity contribution in [1.29, 1.82) is 0 Å². The number of carbonyl (C=O) groups excluding carboxylic acids is 2. The molecule has 3 rings (SSSR count). The summed E-state index contributed by atoms with van der Waals surface area (Å²) >= 11 is 2.91. The fourth-order valence-electron chi connectivity index (χ4n) is 3.00. The van der Waals surface area contributed by atoms with Gasteiger partial charge in [0.05, 0.1) is 0 Å². The van der Waals surface area contributed by atoms with Gasteiger partial charge in [-0.3, -0.25) is 9.59 Å². The molecule has 0 aliphatic heterocycles. The van der Waals surface area contributed by atoms with E-state index in [2.05, 4.69) is 35.0 Å². The highest BCUT2D eigenvalue weighted by molar-refractivity contribution is 8.14. The monoisotopic (exact) mass is 409 g/mol. The average molecular weight is 410 g/mol. The average Bonchev–Trinajstić information content (AvgIpc) is 3.21. The van der Waals surface area contributed by atoms with Crippen LogP contribution in [0.5, 0.6) is 0 Å². The number of thioether (sulfide) groups is 1. The molecule has 28 heavy (non-hydrogen) atoms. The van der Waals surface area contributed by atoms with E-state index in [1.54, 1.807) is 23.5 Å². The molecular formula is C23H23NO2S2. The lowest BCUT2D eigenvalue weighted by Crippen LogP contribution is -2.22. The Kier molecular flexibility index (Phi) is 7.06. The number of amides is 1. The predicted octanol–water partition coefficient (Wildman–Crippen LogP) is 6.18. The van der Waals surface area contributed by atoms with E-state index in [9.17, 15) is 9.59 Å². The van der Waals surface area contributed by atoms with Gasteiger partial charge < -0.3 is 5.32 Å². The molecule has 0 radical (unpaired) electrons. The van der Waals surface area contributed by atoms with Crippen LogP contribution in [0.25, 0.3) is 21.2 Å². The lowest BCUT2D eigenvalue weighted by molar-refractivity contribution is -0.121. The summed E-state index contributed by atoms with van der Waals surface area (Å²) in [5, 5.41) is 7.27. The smallest absolute Gasteiger partial charge is 0.220 e. The van der Waals surface area contributed by atoms with Crippen molar-refractivity contribution in [3.63, 3.8) is 0 Å². The van der Waals surface area contributed by atoms with Crippen molar-refractivity contribution in [3.05, 3.63) is 65.6 Å². The SMILES string of the molecule is C/C=C/C(=O)Sc1ccc2cc(-c3cccs3)cc(CNC(=O)CCC)c2c1. The maximum Gasteiger partial charge on any atom is 0.220 e. The van der Waals surface area contributed by atoms with Gasteiger partial charge in [0, 0.05) is 22.7 Å². The van der Waals surface area contributed by atoms with E-state index in [-0.39, 0.29) is 11.0 Å². The number of fused-ring (bicyclic) bond motifs is 1. The van der Waals surface area contributed by atoms with Crippen molar-refractivity contribution < 1.29 is 9.59 Å². The molecule has 1 aromatic heterocycles. The van der Waals surface area contributed by atoms with E-state index < -0.39 is 0 Å². The molecule has 0 spiro atoms. The van der Waals surface area contributed by atoms with E-state index in [1.165, 1.54) is 16.6 Å². The highest BCUT2D eigenvalue weighted by Crippen LogP contribution is 2.33. The van der Waals surface area contributed by atoms with Gasteiger partial charge in [-0.05, 0) is 88.8 Å². The maximum atomic E-state index is 12.0. The Morgan fingerprint density at radius 1 is 1.18 bits per heavy atom. The first-order valence-electron chi connectivity index (χ1n) is 9.32. The van der Waals surface area contributed by atoms with Gasteiger partial charge in [-0.25, -0.2) is 0 Å². The standard InChI is InChI=1S/C23H23NO2S2/c1-3-6-22(25)24-15-18-13-17(21-8-5-11-27-21)12-16-9-10-19(14-20(16)18)28-23(26)7-4-2/h4-5,7-14H,3,6,15H2,1-2H3,(H,24,25)/b7-4+. The molecule has 1 amide bonds. The zero-order chi connectivity index (χ0) is 19.9. The van der Waals surface area contributed by atoms with E-state index in [0.717, 1.165) is 33.2 Å². The minimum atomic E-state index is 0.00912. The molecule has 5 heteroatoms. The molecule has 144 valence electrons. The summed E-state index contributed by atoms with van der Waals surface area (Å²) in [7, 11) is 0. The van der Waals surface area contributed by atoms with Crippen LogP contribution < -0.4 is 5.32 Å². The Morgan fingerprint density at radius 3 is 2.75 bits per heavy atom. The zero-order valence-corrected chi connectivity index (χ0v) is 17.7. The summed E-state index contributed by atoms with van der Waals surface area (Å²) in [5.41, 5.74) is 2.21. The summed E-state index contributed by atoms with van der Waals surface area (Å²) < 4.78 is 0. The van der Waals surface area contributed by atoms with Crippen LogP contribution in [0.2, 0.25) is 0 Å². The molecule has 1 heterocycles. The van der Waals surface area contributed by atoms with Crippen molar-refractivity contribution >= 4 is 44.9 Å². The second-order valence-electron chi connectivity index (χ2n) is 6.44. The highest BCUT2D eigenvalue weighted by Gasteiger charge is 2.10. The van der Waals surface area contributed by atoms with Crippen LogP contribution in [-0.4, -0.2) is 11.0 Å². The molecule has 0 aliphatic rings. The van der Waals surface area contributed by atoms with Crippen LogP contribution in [-0.2, 0) is 16.1 Å². The molecule has 2 aromatic carbocycles. The van der Waals surface area contributed by atoms with Crippen molar-refractivity contribution in [2.75, 3.05) is 0 Å². The number of allylic oxidation sites excluding steroid dienone is 1. The van der Waals surface area contributed by atoms with Gasteiger partial charge in [0.15, 0.2) is 0 Å². The van der Waals surface area contributed by atoms with E-state index >= 15 is 0 Å². The maximum absolute atomic E-state index is 12.0. The molecule has 0 saturated carbocycles. The van der Waals surface area contributed by atoms with Crippen molar-refractivity contribution in [2.24, 2.45) is 0 Å². The first kappa shape index (κ1) is 20.4. The van der Waals surface area contributed by atoms with Crippen molar-refractivity contribution in [2.45, 2.75) is 38.1 Å². The quantitative estimate of drug-likeness (QED) is 0.374. The van der Waals surface area contributed by atoms with Crippen molar-refractivity contribution in [3.8, 4) is 10.4 Å². The lowest BCUT2D eigenvalue weighted by Gasteiger charge is -2.12. The van der Waals surface area contributed by atoms with Crippen LogP contribution >= 0.6 is 23.1 Å². The fourth-order valence-corrected chi connectivity index (χ4v) is 4.47. The van der Waals surface area contributed by atoms with Gasteiger partial charge in [-0.15, -0.1) is 11.3 Å². The summed E-state index contributed by atoms with van der Waals surface area (Å²) in [6.07, 6.45) is 4.68. The van der Waals surface area contributed by atoms with Crippen LogP contribution in [0.4, 0.5) is 0 Å². The van der Waals surface area contributed by atoms with E-state index in [4.69, 9.17) is 0 Å². The highest BCUT2D eigenvalue weighted by atomic mass is 32.2. The number of nitrogens with one attached hydrogen (secondary N) is 1. The molecular weight excluding hydrogens is 386 g/mol. The summed E-state index contributed by atoms with van der Waals surface area (Å²) in [4.78, 5) is 26.0. The Morgan fingerprint density at radius 2 is 2.04 bits per heavy atom. The van der Waals surface area contributed by atoms with Crippen LogP contribution in [0, 0.1) is 0 Å². The predicted molar refractivity (Wildman–Crippen MR) is 120 cm³/mol. The molecule has 0 fully saturated rings. The van der Waals surface area contributed by atoms with E-state index in [1.807, 2.05) is 32.0 Å². The first-order chi connectivity index (χ1) is 13.6. The van der Waals surface area contributed by atoms with Crippen molar-refractivity contribution in [1.82, 2.24) is 5.32 Å². The van der Waals surface area contributed by atoms with Gasteiger partial charge in [0.1, 0.15) is 0 Å². The molecule has 3 aromatic rings. The lowest BCUT2D eigenvalue weighted by atomic mass is 10.00. The zero-order valence-electron chi connectivity index (χ0n) is 16.0. The van der Waals surface area contributed by atoms with Gasteiger partial charge in [0.2, 0.25) is 11.0 Å². The summed E-state index contributed by atoms with van der Waals surface area (Å²) in [5.74, 6) is 0.0611. The number of hydrogen-bond donors (Lipinski definition) is 1. The van der Waals surface area contributed by atoms with Crippen LogP contribution in [0.15, 0.2) is 64.9 Å². The molecule has 1 N–H and O–H groups in total. The number of benzene rings is 2. The van der Waals surface area contributed by atoms with E-state index in [0.29, 0.717) is 13.0 Å². The Balaban J connectivity index is 2.00. The third kappa shape index (κ3) is 5.12. The number of thiophene rings is 1. The molecule has 0 atom stereocenters. The normalized spacial score (nSPS) is 11.2. The largest absolute Gasteiger partial charge is 0.352 e. The summed E-state index contributed by atoms with van der Waals surface area (Å²) in [6, 6.07) is 14.5. The minimum Gasteiger partial charge on any atom is -0.352 e. The van der Waals surface area contributed by atoms with Gasteiger partial charge in [0.25, 0.3) is 0 Å². The molecule has 0 aliphatic carbocycles.